The third-order valence-corrected chi connectivity index (χ3v) is 6.58. The molecule has 2 amide bonds. The number of aliphatic carboxylic acids is 1. The number of nitrogens with zero attached hydrogens (tertiary/aromatic N) is 1. The number of para-hydroxylation sites is 1. The zero-order chi connectivity index (χ0) is 27.2. The number of carbonyl (C=O) groups is 2. The highest BCUT2D eigenvalue weighted by atomic mass is 16.4. The molecule has 38 heavy (non-hydrogen) atoms. The first-order chi connectivity index (χ1) is 18.2. The number of urea groups is 1. The van der Waals surface area contributed by atoms with Crippen LogP contribution in [0.3, 0.4) is 0 Å². The number of aromatic nitrogens is 1. The first-order valence-corrected chi connectivity index (χ1v) is 12.5. The molecule has 1 atom stereocenters. The molecule has 0 fully saturated rings. The van der Waals surface area contributed by atoms with Crippen molar-refractivity contribution in [1.82, 2.24) is 4.57 Å². The fourth-order valence-electron chi connectivity index (χ4n) is 4.37. The largest absolute Gasteiger partial charge is 0.481 e. The topological polar surface area (TPSA) is 100 Å². The third kappa shape index (κ3) is 6.37. The van der Waals surface area contributed by atoms with Gasteiger partial charge < -0.3 is 20.3 Å². The molecule has 0 bridgehead atoms. The smallest absolute Gasteiger partial charge is 0.323 e. The molecule has 3 aromatic carbocycles. The van der Waals surface area contributed by atoms with Gasteiger partial charge in [-0.15, -0.1) is 0 Å². The van der Waals surface area contributed by atoms with Gasteiger partial charge in [-0.2, -0.15) is 0 Å². The normalized spacial score (nSPS) is 11.6. The van der Waals surface area contributed by atoms with E-state index in [9.17, 15) is 14.4 Å². The van der Waals surface area contributed by atoms with E-state index in [2.05, 4.69) is 10.6 Å². The number of rotatable bonds is 8. The van der Waals surface area contributed by atoms with E-state index in [4.69, 9.17) is 5.11 Å². The molecule has 4 aromatic rings. The average Bonchev–Trinajstić information content (AvgIpc) is 2.88. The van der Waals surface area contributed by atoms with Crippen LogP contribution in [0.1, 0.15) is 41.5 Å². The van der Waals surface area contributed by atoms with E-state index in [1.807, 2.05) is 87.5 Å². The monoisotopic (exact) mass is 509 g/mol. The number of hydrogen-bond donors (Lipinski definition) is 3. The minimum absolute atomic E-state index is 0.0753. The average molecular weight is 510 g/mol. The second-order valence-corrected chi connectivity index (χ2v) is 9.52. The van der Waals surface area contributed by atoms with Gasteiger partial charge in [-0.25, -0.2) is 4.79 Å². The Bertz CT molecular complexity index is 1520. The second kappa shape index (κ2) is 11.6. The van der Waals surface area contributed by atoms with Crippen molar-refractivity contribution in [2.24, 2.45) is 0 Å². The first kappa shape index (κ1) is 26.4. The maximum atomic E-state index is 13.3. The Morgan fingerprint density at radius 3 is 2.21 bits per heavy atom. The number of pyridine rings is 1. The van der Waals surface area contributed by atoms with Crippen molar-refractivity contribution in [2.75, 3.05) is 10.6 Å². The van der Waals surface area contributed by atoms with Crippen molar-refractivity contribution in [1.29, 1.82) is 0 Å². The van der Waals surface area contributed by atoms with Gasteiger partial charge in [-0.3, -0.25) is 9.59 Å². The number of nitrogens with one attached hydrogen (secondary N) is 2. The molecular weight excluding hydrogens is 478 g/mol. The molecule has 0 aliphatic heterocycles. The van der Waals surface area contributed by atoms with Crippen LogP contribution in [0.5, 0.6) is 0 Å². The summed E-state index contributed by atoms with van der Waals surface area (Å²) in [5.74, 6) is -0.906. The maximum absolute atomic E-state index is 13.3. The number of anilines is 2. The predicted octanol–water partition coefficient (Wildman–Crippen LogP) is 6.40. The standard InChI is InChI=1S/C31H31N3O4/c1-20-7-4-5-9-27(20)32-31(38)33-28-15-14-25(17-22(28)3)26-8-6-16-34(30(26)37)19-23-10-12-24(13-11-23)21(2)18-29(35)36/h4-17,21H,18-19H2,1-3H3,(H,35,36)(H2,32,33,38)/t21-/m0/s1. The van der Waals surface area contributed by atoms with Crippen LogP contribution in [0.4, 0.5) is 16.2 Å². The van der Waals surface area contributed by atoms with Crippen molar-refractivity contribution in [3.63, 3.8) is 0 Å². The van der Waals surface area contributed by atoms with Crippen LogP contribution in [0.15, 0.2) is 89.9 Å². The summed E-state index contributed by atoms with van der Waals surface area (Å²) in [6.07, 6.45) is 1.83. The molecule has 0 spiro atoms. The quantitative estimate of drug-likeness (QED) is 0.256. The Labute approximate surface area is 221 Å². The molecule has 7 nitrogen and oxygen atoms in total. The summed E-state index contributed by atoms with van der Waals surface area (Å²) in [7, 11) is 0. The van der Waals surface area contributed by atoms with E-state index in [0.29, 0.717) is 17.8 Å². The first-order valence-electron chi connectivity index (χ1n) is 12.5. The fraction of sp³-hybridized carbons (Fsp3) is 0.194. The van der Waals surface area contributed by atoms with Gasteiger partial charge in [-0.05, 0) is 77.9 Å². The van der Waals surface area contributed by atoms with Crippen LogP contribution in [0.2, 0.25) is 0 Å². The molecule has 194 valence electrons. The number of carboxylic acids is 1. The van der Waals surface area contributed by atoms with Crippen molar-refractivity contribution in [3.8, 4) is 11.1 Å². The number of hydrogen-bond acceptors (Lipinski definition) is 3. The molecule has 0 saturated heterocycles. The maximum Gasteiger partial charge on any atom is 0.323 e. The number of carbonyl (C=O) groups excluding carboxylic acids is 1. The van der Waals surface area contributed by atoms with Gasteiger partial charge in [0.15, 0.2) is 0 Å². The van der Waals surface area contributed by atoms with Gasteiger partial charge in [0.1, 0.15) is 0 Å². The third-order valence-electron chi connectivity index (χ3n) is 6.58. The van der Waals surface area contributed by atoms with E-state index in [1.54, 1.807) is 22.9 Å². The number of benzene rings is 3. The van der Waals surface area contributed by atoms with E-state index in [0.717, 1.165) is 33.5 Å². The molecule has 3 N–H and O–H groups in total. The van der Waals surface area contributed by atoms with Crippen LogP contribution < -0.4 is 16.2 Å². The molecule has 1 heterocycles. The number of aryl methyl sites for hydroxylation is 2. The van der Waals surface area contributed by atoms with Crippen LogP contribution >= 0.6 is 0 Å². The van der Waals surface area contributed by atoms with Crippen molar-refractivity contribution >= 4 is 23.4 Å². The summed E-state index contributed by atoms with van der Waals surface area (Å²) in [6.45, 7) is 6.11. The summed E-state index contributed by atoms with van der Waals surface area (Å²) >= 11 is 0. The van der Waals surface area contributed by atoms with Gasteiger partial charge in [0.05, 0.1) is 13.0 Å². The SMILES string of the molecule is Cc1ccccc1NC(=O)Nc1ccc(-c2cccn(Cc3ccc([C@@H](C)CC(=O)O)cc3)c2=O)cc1C. The summed E-state index contributed by atoms with van der Waals surface area (Å²) < 4.78 is 1.65. The lowest BCUT2D eigenvalue weighted by atomic mass is 9.97. The molecule has 0 saturated carbocycles. The molecule has 4 rings (SSSR count). The van der Waals surface area contributed by atoms with Crippen LogP contribution in [0.25, 0.3) is 11.1 Å². The lowest BCUT2D eigenvalue weighted by Crippen LogP contribution is -2.22. The molecule has 0 aliphatic rings. The van der Waals surface area contributed by atoms with Crippen LogP contribution in [0, 0.1) is 13.8 Å². The molecular formula is C31H31N3O4. The Balaban J connectivity index is 1.48. The van der Waals surface area contributed by atoms with Gasteiger partial charge in [0, 0.05) is 23.1 Å². The van der Waals surface area contributed by atoms with Gasteiger partial charge in [0.25, 0.3) is 5.56 Å². The molecule has 0 unspecified atom stereocenters. The second-order valence-electron chi connectivity index (χ2n) is 9.52. The summed E-state index contributed by atoms with van der Waals surface area (Å²) in [4.78, 5) is 36.8. The predicted molar refractivity (Wildman–Crippen MR) is 151 cm³/mol. The summed E-state index contributed by atoms with van der Waals surface area (Å²) in [6, 6.07) is 24.1. The zero-order valence-corrected chi connectivity index (χ0v) is 21.7. The fourth-order valence-corrected chi connectivity index (χ4v) is 4.37. The van der Waals surface area contributed by atoms with Crippen molar-refractivity contribution in [2.45, 2.75) is 39.7 Å². The molecule has 7 heteroatoms. The lowest BCUT2D eigenvalue weighted by Gasteiger charge is -2.14. The summed E-state index contributed by atoms with van der Waals surface area (Å²) in [5, 5.41) is 14.8. The molecule has 0 radical (unpaired) electrons. The number of amides is 2. The van der Waals surface area contributed by atoms with Gasteiger partial charge in [-0.1, -0.05) is 55.5 Å². The Hall–Kier alpha value is -4.65. The van der Waals surface area contributed by atoms with Crippen LogP contribution in [-0.2, 0) is 11.3 Å². The highest BCUT2D eigenvalue weighted by Crippen LogP contribution is 2.24. The zero-order valence-electron chi connectivity index (χ0n) is 21.7. The van der Waals surface area contributed by atoms with E-state index in [-0.39, 0.29) is 23.9 Å². The molecule has 0 aliphatic carbocycles. The Morgan fingerprint density at radius 2 is 1.55 bits per heavy atom. The van der Waals surface area contributed by atoms with E-state index in [1.165, 1.54) is 0 Å². The highest BCUT2D eigenvalue weighted by Gasteiger charge is 2.12. The minimum atomic E-state index is -0.825. The van der Waals surface area contributed by atoms with Crippen molar-refractivity contribution in [3.05, 3.63) is 118 Å². The lowest BCUT2D eigenvalue weighted by molar-refractivity contribution is -0.137. The van der Waals surface area contributed by atoms with Crippen molar-refractivity contribution < 1.29 is 14.7 Å². The van der Waals surface area contributed by atoms with Crippen LogP contribution in [-0.4, -0.2) is 21.7 Å². The van der Waals surface area contributed by atoms with E-state index >= 15 is 0 Å². The number of carboxylic acid groups (broad SMARTS) is 1. The highest BCUT2D eigenvalue weighted by molar-refractivity contribution is 6.00. The Kier molecular flexibility index (Phi) is 8.06. The minimum Gasteiger partial charge on any atom is -0.481 e. The molecule has 1 aromatic heterocycles. The van der Waals surface area contributed by atoms with E-state index < -0.39 is 5.97 Å². The summed E-state index contributed by atoms with van der Waals surface area (Å²) in [5.41, 5.74) is 6.33. The van der Waals surface area contributed by atoms with Gasteiger partial charge in [0.2, 0.25) is 0 Å². The van der Waals surface area contributed by atoms with Gasteiger partial charge >= 0.3 is 12.0 Å². The Morgan fingerprint density at radius 1 is 0.868 bits per heavy atom.